The van der Waals surface area contributed by atoms with E-state index in [1.165, 1.54) is 0 Å². The van der Waals surface area contributed by atoms with Crippen LogP contribution in [-0.4, -0.2) is 23.0 Å². The Hall–Kier alpha value is -0.360. The largest absolute Gasteiger partial charge is 0.447 e. The number of rotatable bonds is 5. The number of alkyl carbamates (subject to hydrolysis) is 1. The molecule has 0 aromatic carbocycles. The highest BCUT2D eigenvalue weighted by atomic mass is 79.9. The molecule has 0 spiro atoms. The fourth-order valence-electron chi connectivity index (χ4n) is 3.81. The molecule has 3 saturated carbocycles. The summed E-state index contributed by atoms with van der Waals surface area (Å²) in [4.78, 5) is 11.9. The zero-order valence-corrected chi connectivity index (χ0v) is 16.1. The van der Waals surface area contributed by atoms with Crippen molar-refractivity contribution in [3.63, 3.8) is 0 Å². The third kappa shape index (κ3) is 3.94. The van der Waals surface area contributed by atoms with Gasteiger partial charge in [0.1, 0.15) is 0 Å². The molecule has 0 aromatic heterocycles. The smallest absolute Gasteiger partial charge is 0.407 e. The first-order chi connectivity index (χ1) is 10.3. The van der Waals surface area contributed by atoms with Gasteiger partial charge >= 0.3 is 6.09 Å². The molecule has 3 rings (SSSR count). The van der Waals surface area contributed by atoms with Gasteiger partial charge in [0.25, 0.3) is 0 Å². The molecule has 1 atom stereocenters. The zero-order valence-electron chi connectivity index (χ0n) is 13.7. The van der Waals surface area contributed by atoms with Crippen LogP contribution in [0.25, 0.3) is 0 Å². The van der Waals surface area contributed by atoms with Gasteiger partial charge in [0.2, 0.25) is 0 Å². The normalized spacial score (nSPS) is 32.9. The Bertz CT molecular complexity index is 429. The summed E-state index contributed by atoms with van der Waals surface area (Å²) in [7, 11) is 0. The summed E-state index contributed by atoms with van der Waals surface area (Å²) in [5.74, 6) is 0. The van der Waals surface area contributed by atoms with Gasteiger partial charge in [-0.05, 0) is 73.7 Å². The number of carbonyl (C=O) groups is 1. The van der Waals surface area contributed by atoms with E-state index in [2.05, 4.69) is 28.2 Å². The average Bonchev–Trinajstić information content (AvgIpc) is 2.47. The highest BCUT2D eigenvalue weighted by Gasteiger charge is 2.51. The Morgan fingerprint density at radius 1 is 1.23 bits per heavy atom. The van der Waals surface area contributed by atoms with E-state index in [4.69, 9.17) is 10.5 Å². The van der Waals surface area contributed by atoms with Crippen LogP contribution >= 0.6 is 27.7 Å². The minimum absolute atomic E-state index is 0.0426. The zero-order chi connectivity index (χ0) is 16.4. The summed E-state index contributed by atoms with van der Waals surface area (Å²) in [6.45, 7) is 6.06. The number of nitrogens with two attached hydrogens (primary N) is 1. The Morgan fingerprint density at radius 2 is 1.77 bits per heavy atom. The number of nitrogens with one attached hydrogen (secondary N) is 1. The van der Waals surface area contributed by atoms with Crippen LogP contribution in [-0.2, 0) is 4.74 Å². The van der Waals surface area contributed by atoms with Gasteiger partial charge in [-0.1, -0.05) is 6.92 Å². The second kappa shape index (κ2) is 7.04. The molecule has 0 aliphatic heterocycles. The fraction of sp³-hybridized carbons (Fsp3) is 0.812. The van der Waals surface area contributed by atoms with Gasteiger partial charge < -0.3 is 15.8 Å². The summed E-state index contributed by atoms with van der Waals surface area (Å²) in [6, 6.07) is 0. The van der Waals surface area contributed by atoms with Crippen LogP contribution in [0.4, 0.5) is 4.79 Å². The van der Waals surface area contributed by atoms with E-state index >= 15 is 0 Å². The summed E-state index contributed by atoms with van der Waals surface area (Å²) in [5.41, 5.74) is 5.90. The van der Waals surface area contributed by atoms with E-state index in [-0.39, 0.29) is 17.7 Å². The molecule has 0 heterocycles. The minimum Gasteiger partial charge on any atom is -0.447 e. The summed E-state index contributed by atoms with van der Waals surface area (Å²) < 4.78 is 6.26. The van der Waals surface area contributed by atoms with Crippen LogP contribution in [0.1, 0.15) is 59.3 Å². The molecular weight excluding hydrogens is 364 g/mol. The molecular formula is C16H27BrN2O2S. The lowest BCUT2D eigenvalue weighted by Crippen LogP contribution is -2.58. The number of hydrogen-bond donors (Lipinski definition) is 2. The second-order valence-electron chi connectivity index (χ2n) is 6.95. The maximum Gasteiger partial charge on any atom is 0.407 e. The molecule has 3 N–H and O–H groups in total. The van der Waals surface area contributed by atoms with Gasteiger partial charge in [-0.3, -0.25) is 0 Å². The van der Waals surface area contributed by atoms with Crippen molar-refractivity contribution in [3.05, 3.63) is 10.0 Å². The van der Waals surface area contributed by atoms with Crippen LogP contribution < -0.4 is 11.1 Å². The predicted molar refractivity (Wildman–Crippen MR) is 95.9 cm³/mol. The topological polar surface area (TPSA) is 64.3 Å². The van der Waals surface area contributed by atoms with Crippen molar-refractivity contribution < 1.29 is 9.53 Å². The van der Waals surface area contributed by atoms with E-state index in [1.54, 1.807) is 6.20 Å². The van der Waals surface area contributed by atoms with Crippen molar-refractivity contribution in [3.8, 4) is 0 Å². The maximum absolute atomic E-state index is 11.9. The molecule has 0 aromatic rings. The van der Waals surface area contributed by atoms with Gasteiger partial charge in [0.05, 0.1) is 9.92 Å². The first-order valence-electron chi connectivity index (χ1n) is 8.04. The Kier molecular flexibility index (Phi) is 5.75. The van der Waals surface area contributed by atoms with E-state index in [0.717, 1.165) is 42.3 Å². The van der Waals surface area contributed by atoms with E-state index in [0.29, 0.717) is 10.7 Å². The Balaban J connectivity index is 1.95. The molecule has 126 valence electrons. The first kappa shape index (κ1) is 18.0. The lowest BCUT2D eigenvalue weighted by Gasteiger charge is -2.55. The van der Waals surface area contributed by atoms with E-state index in [1.807, 2.05) is 25.6 Å². The second-order valence-corrected chi connectivity index (χ2v) is 9.71. The Labute approximate surface area is 146 Å². The molecule has 3 fully saturated rings. The number of carbonyl (C=O) groups excluding carboxylic acids is 1. The fourth-order valence-corrected chi connectivity index (χ4v) is 5.67. The monoisotopic (exact) mass is 390 g/mol. The minimum atomic E-state index is -0.263. The molecule has 6 heteroatoms. The number of hydrogen-bond acceptors (Lipinski definition) is 4. The number of amides is 1. The van der Waals surface area contributed by atoms with Crippen LogP contribution in [0, 0.1) is 5.41 Å². The summed E-state index contributed by atoms with van der Waals surface area (Å²) >= 11 is 5.32. The summed E-state index contributed by atoms with van der Waals surface area (Å²) in [5, 5.41) is 3.68. The Morgan fingerprint density at radius 3 is 2.23 bits per heavy atom. The van der Waals surface area contributed by atoms with Gasteiger partial charge in [-0.15, -0.1) is 11.8 Å². The maximum atomic E-state index is 11.9. The van der Waals surface area contributed by atoms with Crippen LogP contribution in [0.5, 0.6) is 0 Å². The van der Waals surface area contributed by atoms with E-state index < -0.39 is 0 Å². The molecule has 1 amide bonds. The summed E-state index contributed by atoms with van der Waals surface area (Å²) in [6.07, 6.45) is 7.92. The third-order valence-electron chi connectivity index (χ3n) is 5.30. The van der Waals surface area contributed by atoms with Crippen molar-refractivity contribution in [2.24, 2.45) is 11.1 Å². The standard InChI is InChI=1S/C16H27BrN2O2S/c1-11(2)21-14(20)19-16-7-4-15(5-8-16,6-9-16)12(3)22-13(17)10-18/h10-12H,4-9,18H2,1-3H3,(H,19,20)/b13-10-. The van der Waals surface area contributed by atoms with Crippen LogP contribution in [0.3, 0.4) is 0 Å². The highest BCUT2D eigenvalue weighted by molar-refractivity contribution is 9.14. The number of ether oxygens (including phenoxy) is 1. The van der Waals surface area contributed by atoms with Gasteiger partial charge in [-0.25, -0.2) is 4.79 Å². The lowest BCUT2D eigenvalue weighted by molar-refractivity contribution is 0.0187. The van der Waals surface area contributed by atoms with Crippen LogP contribution in [0.2, 0.25) is 0 Å². The van der Waals surface area contributed by atoms with Crippen molar-refractivity contribution in [1.29, 1.82) is 0 Å². The lowest BCUT2D eigenvalue weighted by atomic mass is 9.56. The van der Waals surface area contributed by atoms with Crippen molar-refractivity contribution >= 4 is 33.8 Å². The third-order valence-corrected chi connectivity index (χ3v) is 7.34. The number of fused-ring (bicyclic) bond motifs is 3. The highest BCUT2D eigenvalue weighted by Crippen LogP contribution is 2.57. The van der Waals surface area contributed by atoms with E-state index in [9.17, 15) is 4.79 Å². The molecule has 1 unspecified atom stereocenters. The molecule has 3 aliphatic carbocycles. The quantitative estimate of drug-likeness (QED) is 0.725. The van der Waals surface area contributed by atoms with Gasteiger partial charge in [0.15, 0.2) is 0 Å². The molecule has 0 radical (unpaired) electrons. The average molecular weight is 391 g/mol. The van der Waals surface area contributed by atoms with Crippen molar-refractivity contribution in [2.75, 3.05) is 0 Å². The number of halogens is 1. The molecule has 0 saturated heterocycles. The van der Waals surface area contributed by atoms with Crippen molar-refractivity contribution in [1.82, 2.24) is 5.32 Å². The predicted octanol–water partition coefficient (Wildman–Crippen LogP) is 4.49. The van der Waals surface area contributed by atoms with Gasteiger partial charge in [-0.2, -0.15) is 0 Å². The molecule has 3 aliphatic rings. The van der Waals surface area contributed by atoms with Crippen molar-refractivity contribution in [2.45, 2.75) is 76.2 Å². The van der Waals surface area contributed by atoms with Gasteiger partial charge in [0, 0.05) is 17.0 Å². The van der Waals surface area contributed by atoms with Crippen LogP contribution in [0.15, 0.2) is 10.0 Å². The SMILES string of the molecule is CC(C)OC(=O)NC12CCC(C(C)S/C(Br)=C\N)(CC1)CC2. The number of thioether (sulfide) groups is 1. The molecule has 2 bridgehead atoms. The first-order valence-corrected chi connectivity index (χ1v) is 9.71. The molecule has 4 nitrogen and oxygen atoms in total. The molecule has 22 heavy (non-hydrogen) atoms.